The van der Waals surface area contributed by atoms with Crippen molar-refractivity contribution in [2.24, 2.45) is 0 Å². The number of fused-ring (bicyclic) bond motifs is 5. The number of nitrogens with one attached hydrogen (secondary N) is 8. The minimum absolute atomic E-state index is 0.0776. The van der Waals surface area contributed by atoms with Gasteiger partial charge in [0.05, 0.1) is 81.1 Å². The molecule has 16 amide bonds. The molecule has 4 saturated heterocycles. The van der Waals surface area contributed by atoms with Crippen molar-refractivity contribution in [1.29, 1.82) is 0 Å². The maximum Gasteiger partial charge on any atom is 0.323 e. The predicted molar refractivity (Wildman–Crippen MR) is 436 cm³/mol. The van der Waals surface area contributed by atoms with Crippen LogP contribution in [0.4, 0.5) is 28.0 Å². The Labute approximate surface area is 700 Å². The molecule has 8 N–H and O–H groups in total. The lowest BCUT2D eigenvalue weighted by molar-refractivity contribution is -0.123. The number of pyridine rings is 1. The maximum absolute atomic E-state index is 14.1. The number of rotatable bonds is 12. The van der Waals surface area contributed by atoms with Crippen molar-refractivity contribution in [2.45, 2.75) is 83.0 Å². The van der Waals surface area contributed by atoms with Gasteiger partial charge in [-0.3, -0.25) is 64.6 Å². The molecule has 0 aliphatic carbocycles. The van der Waals surface area contributed by atoms with Gasteiger partial charge in [0.15, 0.2) is 0 Å². The summed E-state index contributed by atoms with van der Waals surface area (Å²) in [7, 11) is 6.08. The number of nitrogens with zero attached hydrogens (tertiary/aromatic N) is 6. The number of aryl methyl sites for hydroxylation is 5. The number of ether oxygens (including phenoxy) is 4. The van der Waals surface area contributed by atoms with E-state index in [1.807, 2.05) is 63.2 Å². The number of benzene rings is 7. The Morgan fingerprint density at radius 2 is 0.770 bits per heavy atom. The van der Waals surface area contributed by atoms with Gasteiger partial charge in [0, 0.05) is 70.8 Å². The van der Waals surface area contributed by atoms with E-state index in [1.54, 1.807) is 104 Å². The molecule has 8 aliphatic rings. The summed E-state index contributed by atoms with van der Waals surface area (Å²) in [6, 6.07) is 36.0. The van der Waals surface area contributed by atoms with Gasteiger partial charge in [-0.1, -0.05) is 83.8 Å². The van der Waals surface area contributed by atoms with E-state index in [9.17, 15) is 66.3 Å². The number of thiazole rings is 1. The van der Waals surface area contributed by atoms with Crippen molar-refractivity contribution in [2.75, 3.05) is 54.6 Å². The molecule has 30 nitrogen and oxygen atoms in total. The second-order valence-electron chi connectivity index (χ2n) is 29.4. The first-order valence-electron chi connectivity index (χ1n) is 37.7. The number of hydrogen-bond donors (Lipinski definition) is 8. The lowest BCUT2D eigenvalue weighted by Crippen LogP contribution is -2.54. The molecule has 4 atom stereocenters. The third-order valence-electron chi connectivity index (χ3n) is 21.0. The summed E-state index contributed by atoms with van der Waals surface area (Å²) in [6.07, 6.45) is 0. The summed E-state index contributed by atoms with van der Waals surface area (Å²) >= 11 is 1.59. The zero-order chi connectivity index (χ0) is 86.9. The molecular weight excluding hydrogens is 1590 g/mol. The zero-order valence-electron chi connectivity index (χ0n) is 66.8. The quantitative estimate of drug-likeness (QED) is 0.0453. The number of carbonyl (C=O) groups excluding carboxylic acids is 12. The SMILES string of the molecule is COc1ccc2c(c1)C(=O)N(C[C@@]1(C#Cc3cc(C)ccc3F)NC(=O)NC1=O)C2.COc1ccc2c(c1)C(=O)N(C[C@@]1(C#Cc3cc(F)ccc3C)NC(=O)NC1=O)C2.COc1ccc2c(c1)C(=O)N(C[C@@]1(C#Cc3ccc(C)nc3C)NC(=O)NC1=O)C2.COc1ccc2c(c1)C(=O)N(C[C@@]1(C#Cc3ccc4sc(C)nc4c3)NC(=O)NC1=O)C2. The Hall–Kier alpha value is -15.5. The molecular formula is C89H74F2N14O16S. The van der Waals surface area contributed by atoms with Crippen LogP contribution in [0.3, 0.4) is 0 Å². The Morgan fingerprint density at radius 3 is 1.14 bits per heavy atom. The van der Waals surface area contributed by atoms with Gasteiger partial charge < -0.3 is 59.8 Å². The van der Waals surface area contributed by atoms with E-state index in [0.717, 1.165) is 60.0 Å². The van der Waals surface area contributed by atoms with E-state index in [-0.39, 0.29) is 68.5 Å². The normalized spacial score (nSPS) is 19.6. The summed E-state index contributed by atoms with van der Waals surface area (Å²) < 4.78 is 49.5. The van der Waals surface area contributed by atoms with Gasteiger partial charge in [-0.15, -0.1) is 11.3 Å². The molecule has 10 heterocycles. The van der Waals surface area contributed by atoms with Gasteiger partial charge in [-0.05, 0) is 171 Å². The van der Waals surface area contributed by atoms with Gasteiger partial charge in [0.2, 0.25) is 22.2 Å². The lowest BCUT2D eigenvalue weighted by atomic mass is 9.98. The highest BCUT2D eigenvalue weighted by atomic mass is 32.1. The molecule has 0 spiro atoms. The number of carbonyl (C=O) groups is 12. The summed E-state index contributed by atoms with van der Waals surface area (Å²) in [5, 5.41) is 20.0. The van der Waals surface area contributed by atoms with Crippen molar-refractivity contribution < 1.29 is 85.3 Å². The van der Waals surface area contributed by atoms with Crippen LogP contribution in [0.1, 0.15) is 113 Å². The Bertz CT molecular complexity index is 6140. The Kier molecular flexibility index (Phi) is 22.8. The van der Waals surface area contributed by atoms with Crippen molar-refractivity contribution in [3.8, 4) is 70.4 Å². The number of amides is 16. The van der Waals surface area contributed by atoms with Crippen LogP contribution < -0.4 is 61.5 Å². The topological polar surface area (TPSA) is 377 Å². The minimum atomic E-state index is -1.69. The van der Waals surface area contributed by atoms with Crippen molar-refractivity contribution >= 4 is 92.9 Å². The largest absolute Gasteiger partial charge is 0.497 e. The first-order chi connectivity index (χ1) is 58.3. The molecule has 0 unspecified atom stereocenters. The average molecular weight is 1670 g/mol. The maximum atomic E-state index is 14.1. The summed E-state index contributed by atoms with van der Waals surface area (Å²) in [6.45, 7) is 9.85. The molecule has 17 rings (SSSR count). The molecule has 9 aromatic rings. The van der Waals surface area contributed by atoms with Crippen LogP contribution in [0.5, 0.6) is 23.0 Å². The van der Waals surface area contributed by atoms with Gasteiger partial charge in [0.25, 0.3) is 47.3 Å². The molecule has 7 aromatic carbocycles. The second-order valence-corrected chi connectivity index (χ2v) is 30.7. The first-order valence-corrected chi connectivity index (χ1v) is 38.5. The molecule has 2 aromatic heterocycles. The van der Waals surface area contributed by atoms with Crippen LogP contribution in [-0.4, -0.2) is 178 Å². The van der Waals surface area contributed by atoms with E-state index in [4.69, 9.17) is 18.9 Å². The fourth-order valence-corrected chi connectivity index (χ4v) is 15.4. The number of hydrogen-bond acceptors (Lipinski definition) is 19. The molecule has 8 aliphatic heterocycles. The molecule has 616 valence electrons. The van der Waals surface area contributed by atoms with Crippen LogP contribution in [0.25, 0.3) is 10.2 Å². The fourth-order valence-electron chi connectivity index (χ4n) is 14.6. The predicted octanol–water partition coefficient (Wildman–Crippen LogP) is 6.95. The summed E-state index contributed by atoms with van der Waals surface area (Å²) in [5.74, 6) is 20.4. The zero-order valence-corrected chi connectivity index (χ0v) is 67.6. The van der Waals surface area contributed by atoms with Crippen LogP contribution in [-0.2, 0) is 45.4 Å². The van der Waals surface area contributed by atoms with Gasteiger partial charge >= 0.3 is 24.1 Å². The van der Waals surface area contributed by atoms with E-state index < -0.39 is 81.5 Å². The van der Waals surface area contributed by atoms with E-state index >= 15 is 0 Å². The van der Waals surface area contributed by atoms with Crippen molar-refractivity contribution in [3.05, 3.63) is 245 Å². The molecule has 122 heavy (non-hydrogen) atoms. The first kappa shape index (κ1) is 83.0. The van der Waals surface area contributed by atoms with E-state index in [1.165, 1.54) is 66.2 Å². The smallest absolute Gasteiger partial charge is 0.323 e. The molecule has 33 heteroatoms. The van der Waals surface area contributed by atoms with Crippen molar-refractivity contribution in [1.82, 2.24) is 72.1 Å². The van der Waals surface area contributed by atoms with Crippen LogP contribution in [0.2, 0.25) is 0 Å². The molecule has 0 radical (unpaired) electrons. The standard InChI is InChI=1S/C23H18N4O4S.2C22H18FN3O4.C22H20N4O4/c1-13-24-18-9-14(3-6-19(18)32-13)7-8-23(21(29)25-22(30)26-23)12-27-11-15-4-5-16(31-2)10-17(15)20(27)28;1-13-3-6-18(23)14(9-13)7-8-22(20(28)24-21(29)25-22)12-26-11-15-4-5-16(30-2)10-17(15)19(26)27;1-13-3-5-16(23)9-14(13)7-8-22(20(28)24-21(29)25-22)12-26-11-15-4-6-17(30-2)10-18(15)19(26)27;1-13-4-5-15(14(2)23-13)8-9-22(20(28)24-21(29)25-22)12-26-11-16-6-7-17(30-3)10-18(16)19(26)27/h3-6,9-10H,11-12H2,1-2H3,(H2,25,26,29,30);2*3-6,9-10H,11-12H2,1-2H3,(H2,24,25,28,29);4-7,10H,11-12H2,1-3H3,(H2,24,25,28,29)/t23-;3*22-/m1111/s1. The van der Waals surface area contributed by atoms with Crippen LogP contribution >= 0.6 is 11.3 Å². The highest BCUT2D eigenvalue weighted by molar-refractivity contribution is 7.18. The minimum Gasteiger partial charge on any atom is -0.497 e. The molecule has 4 fully saturated rings. The number of aromatic nitrogens is 2. The van der Waals surface area contributed by atoms with Crippen LogP contribution in [0, 0.1) is 93.6 Å². The summed E-state index contributed by atoms with van der Waals surface area (Å²) in [4.78, 5) is 165. The number of imide groups is 4. The molecule has 0 bridgehead atoms. The highest BCUT2D eigenvalue weighted by Crippen LogP contribution is 2.35. The lowest BCUT2D eigenvalue weighted by Gasteiger charge is -2.26. The highest BCUT2D eigenvalue weighted by Gasteiger charge is 2.53. The third kappa shape index (κ3) is 17.0. The fraction of sp³-hybridized carbons (Fsp3) is 0.236. The Morgan fingerprint density at radius 1 is 0.393 bits per heavy atom. The number of urea groups is 4. The summed E-state index contributed by atoms with van der Waals surface area (Å²) in [5.41, 5.74) is 4.50. The second kappa shape index (κ2) is 33.5. The van der Waals surface area contributed by atoms with Crippen LogP contribution in [0.15, 0.2) is 140 Å². The number of halogens is 2. The van der Waals surface area contributed by atoms with Crippen molar-refractivity contribution in [3.63, 3.8) is 0 Å². The monoisotopic (exact) mass is 1660 g/mol. The van der Waals surface area contributed by atoms with Gasteiger partial charge in [0.1, 0.15) is 34.6 Å². The van der Waals surface area contributed by atoms with Gasteiger partial charge in [-0.25, -0.2) is 32.9 Å². The Balaban J connectivity index is 0.000000133. The van der Waals surface area contributed by atoms with Gasteiger partial charge in [-0.2, -0.15) is 0 Å². The third-order valence-corrected chi connectivity index (χ3v) is 21.9. The van der Waals surface area contributed by atoms with E-state index in [0.29, 0.717) is 75.0 Å². The number of methoxy groups -OCH3 is 4. The molecule has 0 saturated carbocycles. The van der Waals surface area contributed by atoms with E-state index in [2.05, 4.69) is 99.9 Å². The average Bonchev–Trinajstić information content (AvgIpc) is 1.63.